The van der Waals surface area contributed by atoms with E-state index in [-0.39, 0.29) is 11.0 Å². The topological polar surface area (TPSA) is 53.2 Å². The first kappa shape index (κ1) is 21.6. The largest absolute Gasteiger partial charge is 0.339 e. The van der Waals surface area contributed by atoms with Crippen LogP contribution in [0.4, 0.5) is 5.69 Å². The van der Waals surface area contributed by atoms with Crippen molar-refractivity contribution in [2.75, 3.05) is 5.32 Å². The van der Waals surface area contributed by atoms with Gasteiger partial charge in [0.2, 0.25) is 9.70 Å². The molecule has 0 fully saturated rings. The van der Waals surface area contributed by atoms with Crippen LogP contribution < -0.4 is 16.0 Å². The molecule has 3 N–H and O–H groups in total. The highest BCUT2D eigenvalue weighted by Gasteiger charge is 2.34. The lowest BCUT2D eigenvalue weighted by molar-refractivity contribution is -0.122. The highest BCUT2D eigenvalue weighted by molar-refractivity contribution is 7.80. The number of hydrogen-bond donors (Lipinski definition) is 3. The summed E-state index contributed by atoms with van der Waals surface area (Å²) in [5, 5.41) is 9.20. The van der Waals surface area contributed by atoms with Gasteiger partial charge in [0, 0.05) is 17.1 Å². The summed E-state index contributed by atoms with van der Waals surface area (Å²) in [4.78, 5) is 11.9. The number of alkyl halides is 3. The lowest BCUT2D eigenvalue weighted by Crippen LogP contribution is -2.56. The van der Waals surface area contributed by atoms with E-state index in [0.29, 0.717) is 17.1 Å². The summed E-state index contributed by atoms with van der Waals surface area (Å²) >= 11 is 28.8. The van der Waals surface area contributed by atoms with Crippen LogP contribution in [-0.2, 0) is 4.79 Å². The van der Waals surface area contributed by atoms with E-state index in [1.54, 1.807) is 24.3 Å². The van der Waals surface area contributed by atoms with Crippen LogP contribution in [0, 0.1) is 0 Å². The van der Waals surface area contributed by atoms with Crippen molar-refractivity contribution in [2.45, 2.75) is 42.6 Å². The zero-order valence-electron chi connectivity index (χ0n) is 13.0. The minimum Gasteiger partial charge on any atom is -0.339 e. The quantitative estimate of drug-likeness (QED) is 0.246. The number of unbranched alkanes of at least 4 members (excludes halogenated alkanes) is 2. The van der Waals surface area contributed by atoms with Crippen LogP contribution in [0.5, 0.6) is 0 Å². The number of benzene rings is 1. The second-order valence-corrected chi connectivity index (χ2v) is 8.32. The Morgan fingerprint density at radius 1 is 1.17 bits per heavy atom. The second kappa shape index (κ2) is 10.5. The number of anilines is 1. The van der Waals surface area contributed by atoms with Crippen molar-refractivity contribution in [3.8, 4) is 0 Å². The zero-order chi connectivity index (χ0) is 18.2. The molecule has 0 aliphatic heterocycles. The molecule has 0 spiro atoms. The highest BCUT2D eigenvalue weighted by Crippen LogP contribution is 2.29. The van der Waals surface area contributed by atoms with Crippen LogP contribution in [-0.4, -0.2) is 21.0 Å². The van der Waals surface area contributed by atoms with Gasteiger partial charge in [0.05, 0.1) is 0 Å². The van der Waals surface area contributed by atoms with Crippen molar-refractivity contribution < 1.29 is 4.79 Å². The smallest absolute Gasteiger partial charge is 0.228 e. The van der Waals surface area contributed by atoms with E-state index in [0.717, 1.165) is 19.3 Å². The monoisotopic (exact) mass is 429 g/mol. The van der Waals surface area contributed by atoms with Crippen LogP contribution in [0.25, 0.3) is 0 Å². The van der Waals surface area contributed by atoms with Gasteiger partial charge < -0.3 is 16.0 Å². The molecule has 0 bridgehead atoms. The second-order valence-electron chi connectivity index (χ2n) is 5.10. The summed E-state index contributed by atoms with van der Waals surface area (Å²) in [6.07, 6.45) is 2.18. The molecule has 1 rings (SSSR count). The minimum absolute atomic E-state index is 0.207. The maximum atomic E-state index is 11.9. The van der Waals surface area contributed by atoms with Crippen molar-refractivity contribution in [3.63, 3.8) is 0 Å². The van der Waals surface area contributed by atoms with Crippen molar-refractivity contribution in [2.24, 2.45) is 0 Å². The van der Waals surface area contributed by atoms with Gasteiger partial charge in [-0.3, -0.25) is 4.79 Å². The molecule has 0 unspecified atom stereocenters. The van der Waals surface area contributed by atoms with E-state index >= 15 is 0 Å². The number of halogens is 4. The van der Waals surface area contributed by atoms with Crippen LogP contribution >= 0.6 is 58.6 Å². The fraction of sp³-hybridized carbons (Fsp3) is 0.467. The Hall–Kier alpha value is -0.460. The maximum Gasteiger partial charge on any atom is 0.228 e. The molecule has 0 saturated carbocycles. The molecule has 24 heavy (non-hydrogen) atoms. The van der Waals surface area contributed by atoms with Gasteiger partial charge in [-0.05, 0) is 42.9 Å². The minimum atomic E-state index is -1.76. The van der Waals surface area contributed by atoms with Crippen molar-refractivity contribution in [3.05, 3.63) is 29.3 Å². The Labute approximate surface area is 167 Å². The van der Waals surface area contributed by atoms with Crippen LogP contribution in [0.2, 0.25) is 5.02 Å². The molecule has 1 atom stereocenters. The predicted molar refractivity (Wildman–Crippen MR) is 107 cm³/mol. The Kier molecular flexibility index (Phi) is 9.45. The number of thiocarbonyl (C=S) groups is 1. The van der Waals surface area contributed by atoms with E-state index in [2.05, 4.69) is 22.9 Å². The van der Waals surface area contributed by atoms with Gasteiger partial charge in [0.1, 0.15) is 6.17 Å². The molecule has 0 radical (unpaired) electrons. The summed E-state index contributed by atoms with van der Waals surface area (Å²) < 4.78 is -1.76. The number of carbonyl (C=O) groups is 1. The third-order valence-corrected chi connectivity index (χ3v) is 4.14. The SMILES string of the molecule is CCCCCC(=O)N[C@H](NC(=S)Nc1ccc(Cl)cc1)C(Cl)(Cl)Cl. The third-order valence-electron chi connectivity index (χ3n) is 3.02. The molecular weight excluding hydrogens is 412 g/mol. The predicted octanol–water partition coefficient (Wildman–Crippen LogP) is 5.02. The van der Waals surface area contributed by atoms with Crippen molar-refractivity contribution in [1.82, 2.24) is 10.6 Å². The van der Waals surface area contributed by atoms with E-state index < -0.39 is 9.96 Å². The summed E-state index contributed by atoms with van der Waals surface area (Å²) in [6, 6.07) is 6.94. The number of amides is 1. The molecule has 0 heterocycles. The van der Waals surface area contributed by atoms with Gasteiger partial charge in [-0.25, -0.2) is 0 Å². The number of nitrogens with one attached hydrogen (secondary N) is 3. The molecule has 1 aromatic rings. The molecule has 0 aliphatic rings. The number of hydrogen-bond acceptors (Lipinski definition) is 2. The first-order valence-electron chi connectivity index (χ1n) is 7.41. The fourth-order valence-electron chi connectivity index (χ4n) is 1.80. The first-order chi connectivity index (χ1) is 11.2. The van der Waals surface area contributed by atoms with Gasteiger partial charge in [0.15, 0.2) is 5.11 Å². The number of rotatable bonds is 7. The molecule has 1 amide bonds. The van der Waals surface area contributed by atoms with E-state index in [4.69, 9.17) is 58.6 Å². The molecule has 0 aliphatic carbocycles. The molecule has 0 saturated heterocycles. The lowest BCUT2D eigenvalue weighted by atomic mass is 10.2. The Bertz CT molecular complexity index is 549. The molecule has 9 heteroatoms. The van der Waals surface area contributed by atoms with Gasteiger partial charge in [0.25, 0.3) is 0 Å². The van der Waals surface area contributed by atoms with Gasteiger partial charge in [-0.1, -0.05) is 66.2 Å². The first-order valence-corrected chi connectivity index (χ1v) is 9.33. The average molecular weight is 431 g/mol. The Morgan fingerprint density at radius 3 is 2.33 bits per heavy atom. The van der Waals surface area contributed by atoms with Gasteiger partial charge in [-0.15, -0.1) is 0 Å². The highest BCUT2D eigenvalue weighted by atomic mass is 35.6. The summed E-state index contributed by atoms with van der Waals surface area (Å²) in [5.41, 5.74) is 0.717. The zero-order valence-corrected chi connectivity index (χ0v) is 16.9. The van der Waals surface area contributed by atoms with Gasteiger partial charge >= 0.3 is 0 Å². The van der Waals surface area contributed by atoms with E-state index in [1.165, 1.54) is 0 Å². The molecule has 0 aromatic heterocycles. The average Bonchev–Trinajstić information content (AvgIpc) is 2.48. The lowest BCUT2D eigenvalue weighted by Gasteiger charge is -2.27. The summed E-state index contributed by atoms with van der Waals surface area (Å²) in [5.74, 6) is -0.207. The Morgan fingerprint density at radius 2 is 1.79 bits per heavy atom. The van der Waals surface area contributed by atoms with Gasteiger partial charge in [-0.2, -0.15) is 0 Å². The van der Waals surface area contributed by atoms with Crippen LogP contribution in [0.15, 0.2) is 24.3 Å². The maximum absolute atomic E-state index is 11.9. The summed E-state index contributed by atoms with van der Waals surface area (Å²) in [6.45, 7) is 2.06. The molecule has 4 nitrogen and oxygen atoms in total. The summed E-state index contributed by atoms with van der Waals surface area (Å²) in [7, 11) is 0. The fourth-order valence-corrected chi connectivity index (χ4v) is 2.49. The van der Waals surface area contributed by atoms with Crippen LogP contribution in [0.3, 0.4) is 0 Å². The third kappa shape index (κ3) is 8.58. The van der Waals surface area contributed by atoms with E-state index in [1.807, 2.05) is 0 Å². The molecule has 134 valence electrons. The number of carbonyl (C=O) groups excluding carboxylic acids is 1. The molecular formula is C15H19Cl4N3OS. The van der Waals surface area contributed by atoms with E-state index in [9.17, 15) is 4.79 Å². The van der Waals surface area contributed by atoms with Crippen molar-refractivity contribution in [1.29, 1.82) is 0 Å². The molecule has 1 aromatic carbocycles. The standard InChI is InChI=1S/C15H19Cl4N3OS/c1-2-3-4-5-12(23)21-13(15(17,18)19)22-14(24)20-11-8-6-10(16)7-9-11/h6-9,13H,2-5H2,1H3,(H,21,23)(H2,20,22,24)/t13-/m1/s1. The Balaban J connectivity index is 2.60. The van der Waals surface area contributed by atoms with Crippen LogP contribution in [0.1, 0.15) is 32.6 Å². The normalized spacial score (nSPS) is 12.4. The van der Waals surface area contributed by atoms with Crippen molar-refractivity contribution >= 4 is 75.3 Å².